The normalized spacial score (nSPS) is 10.5. The summed E-state index contributed by atoms with van der Waals surface area (Å²) < 4.78 is 30.5. The molecule has 2 rings (SSSR count). The van der Waals surface area contributed by atoms with Gasteiger partial charge in [-0.15, -0.1) is 0 Å². The lowest BCUT2D eigenvalue weighted by atomic mass is 10.1. The highest BCUT2D eigenvalue weighted by Gasteiger charge is 2.11. The molecule has 0 aliphatic carbocycles. The number of rotatable bonds is 4. The van der Waals surface area contributed by atoms with Crippen LogP contribution in [-0.2, 0) is 0 Å². The van der Waals surface area contributed by atoms with Gasteiger partial charge < -0.3 is 4.42 Å². The summed E-state index contributed by atoms with van der Waals surface area (Å²) in [5.41, 5.74) is 0.128. The summed E-state index contributed by atoms with van der Waals surface area (Å²) in [5, 5.41) is 0.362. The van der Waals surface area contributed by atoms with Crippen molar-refractivity contribution in [2.24, 2.45) is 0 Å². The molecule has 0 bridgehead atoms. The molecule has 17 heavy (non-hydrogen) atoms. The van der Waals surface area contributed by atoms with Gasteiger partial charge in [0.1, 0.15) is 6.26 Å². The number of nitrogens with zero attached hydrogens (tertiary/aromatic N) is 1. The van der Waals surface area contributed by atoms with E-state index in [-0.39, 0.29) is 17.1 Å². The van der Waals surface area contributed by atoms with Crippen molar-refractivity contribution in [2.75, 3.05) is 5.75 Å². The average molecular weight is 255 g/mol. The molecule has 0 amide bonds. The Morgan fingerprint density at radius 3 is 2.82 bits per heavy atom. The number of thioether (sulfide) groups is 1. The van der Waals surface area contributed by atoms with Crippen molar-refractivity contribution in [1.82, 2.24) is 4.98 Å². The summed E-state index contributed by atoms with van der Waals surface area (Å²) in [4.78, 5) is 15.4. The first-order chi connectivity index (χ1) is 8.16. The molecule has 0 spiro atoms. The maximum atomic E-state index is 12.9. The average Bonchev–Trinajstić information content (AvgIpc) is 2.82. The van der Waals surface area contributed by atoms with Crippen LogP contribution < -0.4 is 0 Å². The van der Waals surface area contributed by atoms with Crippen LogP contribution in [0.15, 0.2) is 40.3 Å². The van der Waals surface area contributed by atoms with Crippen LogP contribution in [0.2, 0.25) is 0 Å². The summed E-state index contributed by atoms with van der Waals surface area (Å²) in [6, 6.07) is 3.06. The smallest absolute Gasteiger partial charge is 0.255 e. The molecule has 0 saturated heterocycles. The lowest BCUT2D eigenvalue weighted by molar-refractivity contribution is 0.102. The Balaban J connectivity index is 2.02. The van der Waals surface area contributed by atoms with E-state index in [0.717, 1.165) is 23.9 Å². The fourth-order valence-electron chi connectivity index (χ4n) is 1.16. The molecular formula is C11H7F2NO2S. The molecule has 0 aliphatic rings. The van der Waals surface area contributed by atoms with E-state index in [0.29, 0.717) is 5.22 Å². The van der Waals surface area contributed by atoms with Crippen LogP contribution in [0, 0.1) is 11.6 Å². The minimum Gasteiger partial charge on any atom is -0.440 e. The Labute approximate surface area is 99.8 Å². The van der Waals surface area contributed by atoms with Gasteiger partial charge in [-0.3, -0.25) is 4.79 Å². The van der Waals surface area contributed by atoms with Gasteiger partial charge in [0.25, 0.3) is 5.22 Å². The molecular weight excluding hydrogens is 248 g/mol. The highest BCUT2D eigenvalue weighted by atomic mass is 32.2. The molecule has 88 valence electrons. The lowest BCUT2D eigenvalue weighted by Gasteiger charge is -2.00. The van der Waals surface area contributed by atoms with E-state index in [4.69, 9.17) is 4.42 Å². The minimum atomic E-state index is -1.03. The Morgan fingerprint density at radius 1 is 1.35 bits per heavy atom. The highest BCUT2D eigenvalue weighted by molar-refractivity contribution is 7.99. The summed E-state index contributed by atoms with van der Waals surface area (Å²) in [6.07, 6.45) is 2.86. The van der Waals surface area contributed by atoms with Crippen molar-refractivity contribution in [2.45, 2.75) is 5.22 Å². The predicted molar refractivity (Wildman–Crippen MR) is 57.9 cm³/mol. The van der Waals surface area contributed by atoms with Crippen molar-refractivity contribution in [3.8, 4) is 0 Å². The Kier molecular flexibility index (Phi) is 3.53. The van der Waals surface area contributed by atoms with Gasteiger partial charge in [0.05, 0.1) is 11.9 Å². The highest BCUT2D eigenvalue weighted by Crippen LogP contribution is 2.17. The Morgan fingerprint density at radius 2 is 2.18 bits per heavy atom. The lowest BCUT2D eigenvalue weighted by Crippen LogP contribution is -2.03. The van der Waals surface area contributed by atoms with Crippen LogP contribution in [0.1, 0.15) is 10.4 Å². The zero-order valence-electron chi connectivity index (χ0n) is 8.52. The third-order valence-corrected chi connectivity index (χ3v) is 2.83. The van der Waals surface area contributed by atoms with E-state index >= 15 is 0 Å². The predicted octanol–water partition coefficient (Wildman–Crippen LogP) is 2.93. The molecule has 1 aromatic carbocycles. The molecule has 1 aromatic heterocycles. The number of hydrogen-bond donors (Lipinski definition) is 0. The zero-order valence-corrected chi connectivity index (χ0v) is 9.34. The van der Waals surface area contributed by atoms with Gasteiger partial charge in [0.15, 0.2) is 17.4 Å². The van der Waals surface area contributed by atoms with E-state index in [1.165, 1.54) is 18.5 Å². The van der Waals surface area contributed by atoms with Crippen molar-refractivity contribution < 1.29 is 18.0 Å². The molecule has 0 N–H and O–H groups in total. The maximum Gasteiger partial charge on any atom is 0.255 e. The van der Waals surface area contributed by atoms with E-state index in [2.05, 4.69) is 4.98 Å². The first kappa shape index (κ1) is 11.8. The summed E-state index contributed by atoms with van der Waals surface area (Å²) in [7, 11) is 0. The number of ketones is 1. The van der Waals surface area contributed by atoms with Crippen LogP contribution in [0.25, 0.3) is 0 Å². The number of carbonyl (C=O) groups is 1. The van der Waals surface area contributed by atoms with Crippen LogP contribution >= 0.6 is 11.8 Å². The number of oxazole rings is 1. The van der Waals surface area contributed by atoms with Gasteiger partial charge >= 0.3 is 0 Å². The summed E-state index contributed by atoms with van der Waals surface area (Å²) in [6.45, 7) is 0. The molecule has 0 fully saturated rings. The summed E-state index contributed by atoms with van der Waals surface area (Å²) >= 11 is 1.10. The van der Waals surface area contributed by atoms with Crippen LogP contribution in [-0.4, -0.2) is 16.5 Å². The van der Waals surface area contributed by atoms with Crippen LogP contribution in [0.3, 0.4) is 0 Å². The largest absolute Gasteiger partial charge is 0.440 e. The second kappa shape index (κ2) is 5.09. The quantitative estimate of drug-likeness (QED) is 0.622. The van der Waals surface area contributed by atoms with E-state index in [1.807, 2.05) is 0 Å². The second-order valence-corrected chi connectivity index (χ2v) is 4.07. The SMILES string of the molecule is O=C(CSc1ncco1)c1ccc(F)c(F)c1. The number of halogens is 2. The molecule has 0 aliphatic heterocycles. The zero-order chi connectivity index (χ0) is 12.3. The van der Waals surface area contributed by atoms with Crippen molar-refractivity contribution >= 4 is 17.5 Å². The summed E-state index contributed by atoms with van der Waals surface area (Å²) in [5.74, 6) is -2.25. The molecule has 3 nitrogen and oxygen atoms in total. The fraction of sp³-hybridized carbons (Fsp3) is 0.0909. The van der Waals surface area contributed by atoms with Gasteiger partial charge in [-0.25, -0.2) is 13.8 Å². The molecule has 0 saturated carbocycles. The van der Waals surface area contributed by atoms with Crippen LogP contribution in [0.5, 0.6) is 0 Å². The van der Waals surface area contributed by atoms with Crippen molar-refractivity contribution in [3.05, 3.63) is 47.9 Å². The molecule has 0 atom stereocenters. The number of benzene rings is 1. The number of aromatic nitrogens is 1. The first-order valence-electron chi connectivity index (χ1n) is 4.67. The van der Waals surface area contributed by atoms with Crippen molar-refractivity contribution in [1.29, 1.82) is 0 Å². The molecule has 0 radical (unpaired) electrons. The first-order valence-corrected chi connectivity index (χ1v) is 5.66. The van der Waals surface area contributed by atoms with Gasteiger partial charge in [0.2, 0.25) is 0 Å². The topological polar surface area (TPSA) is 43.1 Å². The van der Waals surface area contributed by atoms with Gasteiger partial charge in [-0.2, -0.15) is 0 Å². The minimum absolute atomic E-state index is 0.0611. The number of carbonyl (C=O) groups excluding carboxylic acids is 1. The standard InChI is InChI=1S/C11H7F2NO2S/c12-8-2-1-7(5-9(8)13)10(15)6-17-11-14-3-4-16-11/h1-5H,6H2. The number of hydrogen-bond acceptors (Lipinski definition) is 4. The van der Waals surface area contributed by atoms with E-state index < -0.39 is 11.6 Å². The molecule has 0 unspecified atom stereocenters. The fourth-order valence-corrected chi connectivity index (χ4v) is 1.84. The molecule has 1 heterocycles. The van der Waals surface area contributed by atoms with E-state index in [9.17, 15) is 13.6 Å². The maximum absolute atomic E-state index is 12.9. The van der Waals surface area contributed by atoms with Gasteiger partial charge in [-0.05, 0) is 18.2 Å². The molecule has 6 heteroatoms. The third-order valence-electron chi connectivity index (χ3n) is 1.98. The third kappa shape index (κ3) is 2.91. The Hall–Kier alpha value is -1.69. The second-order valence-electron chi connectivity index (χ2n) is 3.14. The van der Waals surface area contributed by atoms with Crippen LogP contribution in [0.4, 0.5) is 8.78 Å². The van der Waals surface area contributed by atoms with Gasteiger partial charge in [0, 0.05) is 5.56 Å². The van der Waals surface area contributed by atoms with Gasteiger partial charge in [-0.1, -0.05) is 11.8 Å². The van der Waals surface area contributed by atoms with Crippen molar-refractivity contribution in [3.63, 3.8) is 0 Å². The molecule has 2 aromatic rings. The Bertz CT molecular complexity index is 528. The monoisotopic (exact) mass is 255 g/mol. The van der Waals surface area contributed by atoms with E-state index in [1.54, 1.807) is 0 Å². The number of Topliss-reactive ketones (excluding diaryl/α,β-unsaturated/α-hetero) is 1.